The molecule has 1 atom stereocenters. The first-order chi connectivity index (χ1) is 13.2. The molecule has 0 spiro atoms. The van der Waals surface area contributed by atoms with E-state index in [2.05, 4.69) is 15.3 Å². The van der Waals surface area contributed by atoms with Crippen molar-refractivity contribution in [1.82, 2.24) is 9.97 Å². The van der Waals surface area contributed by atoms with Crippen LogP contribution in [-0.4, -0.2) is 29.2 Å². The molecule has 0 saturated carbocycles. The van der Waals surface area contributed by atoms with Crippen LogP contribution in [0.1, 0.15) is 32.4 Å². The fourth-order valence-electron chi connectivity index (χ4n) is 3.38. The summed E-state index contributed by atoms with van der Waals surface area (Å²) in [5.74, 6) is 1.56. The molecule has 1 saturated heterocycles. The van der Waals surface area contributed by atoms with E-state index >= 15 is 0 Å². The summed E-state index contributed by atoms with van der Waals surface area (Å²) in [5, 5.41) is 5.02. The third kappa shape index (κ3) is 3.57. The van der Waals surface area contributed by atoms with E-state index in [-0.39, 0.29) is 6.10 Å². The van der Waals surface area contributed by atoms with Gasteiger partial charge in [0.1, 0.15) is 17.9 Å². The lowest BCUT2D eigenvalue weighted by atomic mass is 10.00. The summed E-state index contributed by atoms with van der Waals surface area (Å²) in [6, 6.07) is 7.76. The molecular weight excluding hydrogens is 362 g/mol. The number of aromatic nitrogens is 2. The van der Waals surface area contributed by atoms with Gasteiger partial charge >= 0.3 is 0 Å². The SMILES string of the molecule is C/C=C(\C)c1oc2ncnc(NCC3CCCO3)c2c1-c1ccc(Cl)cc1. The van der Waals surface area contributed by atoms with Crippen LogP contribution in [0, 0.1) is 0 Å². The average Bonchev–Trinajstić information content (AvgIpc) is 3.34. The molecule has 5 nitrogen and oxygen atoms in total. The van der Waals surface area contributed by atoms with Crippen LogP contribution < -0.4 is 5.32 Å². The molecule has 3 aromatic rings. The van der Waals surface area contributed by atoms with Crippen LogP contribution in [0.2, 0.25) is 5.02 Å². The number of nitrogens with one attached hydrogen (secondary N) is 1. The second kappa shape index (κ2) is 7.71. The van der Waals surface area contributed by atoms with Gasteiger partial charge in [-0.3, -0.25) is 0 Å². The van der Waals surface area contributed by atoms with E-state index in [1.807, 2.05) is 44.2 Å². The number of rotatable bonds is 5. The van der Waals surface area contributed by atoms with Gasteiger partial charge in [-0.2, -0.15) is 0 Å². The third-order valence-electron chi connectivity index (χ3n) is 4.93. The molecule has 2 aromatic heterocycles. The molecule has 140 valence electrons. The first kappa shape index (κ1) is 18.0. The number of halogens is 1. The highest BCUT2D eigenvalue weighted by atomic mass is 35.5. The Morgan fingerprint density at radius 2 is 2.11 bits per heavy atom. The molecule has 3 heterocycles. The van der Waals surface area contributed by atoms with Crippen molar-refractivity contribution >= 4 is 34.1 Å². The Labute approximate surface area is 163 Å². The summed E-state index contributed by atoms with van der Waals surface area (Å²) in [4.78, 5) is 8.85. The van der Waals surface area contributed by atoms with Gasteiger partial charge in [0, 0.05) is 23.7 Å². The van der Waals surface area contributed by atoms with E-state index < -0.39 is 0 Å². The summed E-state index contributed by atoms with van der Waals surface area (Å²) in [5.41, 5.74) is 3.61. The zero-order chi connectivity index (χ0) is 18.8. The van der Waals surface area contributed by atoms with E-state index in [4.69, 9.17) is 20.8 Å². The predicted octanol–water partition coefficient (Wildman–Crippen LogP) is 5.56. The van der Waals surface area contributed by atoms with Crippen LogP contribution in [-0.2, 0) is 4.74 Å². The fourth-order valence-corrected chi connectivity index (χ4v) is 3.51. The van der Waals surface area contributed by atoms with Crippen LogP contribution in [0.15, 0.2) is 41.1 Å². The molecule has 1 fully saturated rings. The zero-order valence-electron chi connectivity index (χ0n) is 15.5. The standard InChI is InChI=1S/C21H22ClN3O2/c1-3-13(2)19-17(14-6-8-15(22)9-7-14)18-20(24-12-25-21(18)27-19)23-11-16-5-4-10-26-16/h3,6-9,12,16H,4-5,10-11H2,1-2H3,(H,23,24,25)/b13-3+. The van der Waals surface area contributed by atoms with E-state index in [1.54, 1.807) is 0 Å². The Morgan fingerprint density at radius 1 is 1.30 bits per heavy atom. The Morgan fingerprint density at radius 3 is 2.81 bits per heavy atom. The minimum atomic E-state index is 0.220. The Bertz CT molecular complexity index is 973. The number of benzene rings is 1. The van der Waals surface area contributed by atoms with Crippen LogP contribution >= 0.6 is 11.6 Å². The van der Waals surface area contributed by atoms with E-state index in [9.17, 15) is 0 Å². The van der Waals surface area contributed by atoms with Crippen LogP contribution in [0.3, 0.4) is 0 Å². The van der Waals surface area contributed by atoms with Gasteiger partial charge in [0.25, 0.3) is 0 Å². The minimum Gasteiger partial charge on any atom is -0.437 e. The molecule has 1 aliphatic heterocycles. The Balaban J connectivity index is 1.84. The second-order valence-corrected chi connectivity index (χ2v) is 7.14. The molecule has 1 unspecified atom stereocenters. The predicted molar refractivity (Wildman–Crippen MR) is 109 cm³/mol. The smallest absolute Gasteiger partial charge is 0.232 e. The molecule has 1 N–H and O–H groups in total. The number of hydrogen-bond donors (Lipinski definition) is 1. The first-order valence-electron chi connectivity index (χ1n) is 9.19. The summed E-state index contributed by atoms with van der Waals surface area (Å²) in [6.07, 6.45) is 5.96. The maximum Gasteiger partial charge on any atom is 0.232 e. The molecule has 1 aromatic carbocycles. The highest BCUT2D eigenvalue weighted by Gasteiger charge is 2.23. The monoisotopic (exact) mass is 383 g/mol. The van der Waals surface area contributed by atoms with Gasteiger partial charge in [0.2, 0.25) is 5.71 Å². The number of ether oxygens (including phenoxy) is 1. The zero-order valence-corrected chi connectivity index (χ0v) is 16.2. The lowest BCUT2D eigenvalue weighted by Crippen LogP contribution is -2.19. The van der Waals surface area contributed by atoms with E-state index in [1.165, 1.54) is 6.33 Å². The molecule has 27 heavy (non-hydrogen) atoms. The third-order valence-corrected chi connectivity index (χ3v) is 5.19. The molecule has 0 amide bonds. The maximum atomic E-state index is 6.13. The van der Waals surface area contributed by atoms with Crippen molar-refractivity contribution in [1.29, 1.82) is 0 Å². The molecule has 1 aliphatic rings. The number of nitrogens with zero attached hydrogens (tertiary/aromatic N) is 2. The summed E-state index contributed by atoms with van der Waals surface area (Å²) >= 11 is 6.09. The van der Waals surface area contributed by atoms with Crippen molar-refractivity contribution < 1.29 is 9.15 Å². The molecular formula is C21H22ClN3O2. The van der Waals surface area contributed by atoms with Crippen molar-refractivity contribution in [3.05, 3.63) is 47.5 Å². The summed E-state index contributed by atoms with van der Waals surface area (Å²) < 4.78 is 11.8. The molecule has 0 aliphatic carbocycles. The summed E-state index contributed by atoms with van der Waals surface area (Å²) in [7, 11) is 0. The summed E-state index contributed by atoms with van der Waals surface area (Å²) in [6.45, 7) is 5.58. The first-order valence-corrected chi connectivity index (χ1v) is 9.57. The fraction of sp³-hybridized carbons (Fsp3) is 0.333. The van der Waals surface area contributed by atoms with E-state index in [0.717, 1.165) is 59.7 Å². The van der Waals surface area contributed by atoms with Gasteiger partial charge in [0.05, 0.1) is 11.5 Å². The Hall–Kier alpha value is -2.37. The number of allylic oxidation sites excluding steroid dienone is 2. The average molecular weight is 384 g/mol. The quantitative estimate of drug-likeness (QED) is 0.625. The number of anilines is 1. The topological polar surface area (TPSA) is 60.2 Å². The van der Waals surface area contributed by atoms with Crippen molar-refractivity contribution in [2.45, 2.75) is 32.8 Å². The van der Waals surface area contributed by atoms with E-state index in [0.29, 0.717) is 10.7 Å². The van der Waals surface area contributed by atoms with Gasteiger partial charge in [-0.05, 0) is 50.0 Å². The number of furan rings is 1. The van der Waals surface area contributed by atoms with Crippen LogP contribution in [0.25, 0.3) is 27.8 Å². The minimum absolute atomic E-state index is 0.220. The van der Waals surface area contributed by atoms with Crippen LogP contribution in [0.5, 0.6) is 0 Å². The molecule has 0 bridgehead atoms. The largest absolute Gasteiger partial charge is 0.437 e. The molecule has 6 heteroatoms. The normalized spacial score (nSPS) is 17.6. The van der Waals surface area contributed by atoms with Crippen molar-refractivity contribution in [2.24, 2.45) is 0 Å². The van der Waals surface area contributed by atoms with Gasteiger partial charge in [0.15, 0.2) is 0 Å². The number of hydrogen-bond acceptors (Lipinski definition) is 5. The lowest BCUT2D eigenvalue weighted by molar-refractivity contribution is 0.120. The highest BCUT2D eigenvalue weighted by molar-refractivity contribution is 6.30. The van der Waals surface area contributed by atoms with Crippen molar-refractivity contribution in [3.8, 4) is 11.1 Å². The molecule has 0 radical (unpaired) electrons. The Kier molecular flexibility index (Phi) is 5.14. The van der Waals surface area contributed by atoms with Crippen molar-refractivity contribution in [2.75, 3.05) is 18.5 Å². The number of fused-ring (bicyclic) bond motifs is 1. The lowest BCUT2D eigenvalue weighted by Gasteiger charge is -2.12. The molecule has 4 rings (SSSR count). The van der Waals surface area contributed by atoms with Gasteiger partial charge in [-0.25, -0.2) is 9.97 Å². The van der Waals surface area contributed by atoms with Crippen molar-refractivity contribution in [3.63, 3.8) is 0 Å². The van der Waals surface area contributed by atoms with Gasteiger partial charge < -0.3 is 14.5 Å². The van der Waals surface area contributed by atoms with Gasteiger partial charge in [-0.1, -0.05) is 29.8 Å². The van der Waals surface area contributed by atoms with Gasteiger partial charge in [-0.15, -0.1) is 0 Å². The van der Waals surface area contributed by atoms with Crippen LogP contribution in [0.4, 0.5) is 5.82 Å². The highest BCUT2D eigenvalue weighted by Crippen LogP contribution is 2.40. The second-order valence-electron chi connectivity index (χ2n) is 6.70. The maximum absolute atomic E-state index is 6.13.